The Bertz CT molecular complexity index is 2540. The van der Waals surface area contributed by atoms with Gasteiger partial charge in [-0.2, -0.15) is 0 Å². The number of nitro benzene ring substituents is 1. The van der Waals surface area contributed by atoms with Crippen molar-refractivity contribution < 1.29 is 27.6 Å². The highest BCUT2D eigenvalue weighted by Crippen LogP contribution is 2.54. The van der Waals surface area contributed by atoms with Gasteiger partial charge in [0.25, 0.3) is 21.6 Å². The largest absolute Gasteiger partial charge is 0.455 e. The number of sulfonamides is 1. The Balaban J connectivity index is 0.998. The van der Waals surface area contributed by atoms with Crippen molar-refractivity contribution in [3.63, 3.8) is 0 Å². The van der Waals surface area contributed by atoms with Crippen LogP contribution in [0.15, 0.2) is 89.1 Å². The summed E-state index contributed by atoms with van der Waals surface area (Å²) < 4.78 is 43.3. The number of hydrogen-bond donors (Lipinski definition) is 2. The van der Waals surface area contributed by atoms with Crippen LogP contribution in [0.2, 0.25) is 0 Å². The van der Waals surface area contributed by atoms with Crippen LogP contribution in [-0.2, 0) is 14.8 Å². The second kappa shape index (κ2) is 19.5. The van der Waals surface area contributed by atoms with Gasteiger partial charge >= 0.3 is 0 Å². The first-order valence-corrected chi connectivity index (χ1v) is 25.1. The molecule has 342 valence electrons. The van der Waals surface area contributed by atoms with E-state index in [1.165, 1.54) is 55.4 Å². The molecule has 2 saturated heterocycles. The van der Waals surface area contributed by atoms with E-state index in [0.29, 0.717) is 42.8 Å². The van der Waals surface area contributed by atoms with Crippen molar-refractivity contribution in [3.05, 3.63) is 99.9 Å². The minimum Gasteiger partial charge on any atom is -0.455 e. The van der Waals surface area contributed by atoms with Crippen molar-refractivity contribution in [2.24, 2.45) is 23.2 Å². The van der Waals surface area contributed by atoms with E-state index in [2.05, 4.69) is 75.0 Å². The zero-order chi connectivity index (χ0) is 45.2. The van der Waals surface area contributed by atoms with Crippen molar-refractivity contribution >= 4 is 66.9 Å². The van der Waals surface area contributed by atoms with E-state index < -0.39 is 31.4 Å². The molecule has 1 saturated carbocycles. The van der Waals surface area contributed by atoms with Crippen LogP contribution in [0.3, 0.4) is 0 Å². The van der Waals surface area contributed by atoms with Gasteiger partial charge in [0.2, 0.25) is 0 Å². The van der Waals surface area contributed by atoms with Crippen LogP contribution in [0.5, 0.6) is 11.5 Å². The summed E-state index contributed by atoms with van der Waals surface area (Å²) in [4.78, 5) is 34.4. The summed E-state index contributed by atoms with van der Waals surface area (Å²) in [7, 11) is -4.55. The predicted octanol–water partition coefficient (Wildman–Crippen LogP) is 9.90. The van der Waals surface area contributed by atoms with Gasteiger partial charge in [-0.1, -0.05) is 44.9 Å². The van der Waals surface area contributed by atoms with E-state index in [1.54, 1.807) is 23.9 Å². The molecular weight excluding hydrogens is 946 g/mol. The van der Waals surface area contributed by atoms with Gasteiger partial charge in [-0.25, -0.2) is 18.1 Å². The van der Waals surface area contributed by atoms with Crippen molar-refractivity contribution in [1.82, 2.24) is 17.4 Å². The molecule has 2 aromatic carbocycles. The van der Waals surface area contributed by atoms with E-state index in [4.69, 9.17) is 9.47 Å². The molecule has 1 unspecified atom stereocenters. The van der Waals surface area contributed by atoms with Gasteiger partial charge in [-0.05, 0) is 117 Å². The monoisotopic (exact) mass is 1010 g/mol. The molecule has 14 nitrogen and oxygen atoms in total. The topological polar surface area (TPSA) is 161 Å². The number of nitrogens with zero attached hydrogens (tertiary/aromatic N) is 5. The maximum Gasteiger partial charge on any atom is 0.293 e. The molecule has 2 aliphatic carbocycles. The minimum atomic E-state index is -4.55. The molecule has 8 rings (SSSR count). The maximum absolute atomic E-state index is 14.0. The summed E-state index contributed by atoms with van der Waals surface area (Å²) in [5, 5.41) is 16.1. The summed E-state index contributed by atoms with van der Waals surface area (Å²) in [5.74, 6) is 1.07. The zero-order valence-electron chi connectivity index (χ0n) is 37.1. The normalized spacial score (nSPS) is 18.9. The quantitative estimate of drug-likeness (QED) is 0.0625. The Morgan fingerprint density at radius 1 is 1.06 bits per heavy atom. The van der Waals surface area contributed by atoms with Crippen molar-refractivity contribution in [2.75, 3.05) is 62.7 Å². The molecule has 2 N–H and O–H groups in total. The molecule has 2 aliphatic heterocycles. The lowest BCUT2D eigenvalue weighted by Gasteiger charge is -2.47. The molecule has 1 amide bonds. The first kappa shape index (κ1) is 46.0. The highest BCUT2D eigenvalue weighted by Gasteiger charge is 2.41. The van der Waals surface area contributed by atoms with Gasteiger partial charge in [0.1, 0.15) is 22.8 Å². The number of anilines is 2. The fourth-order valence-corrected chi connectivity index (χ4v) is 11.1. The van der Waals surface area contributed by atoms with Crippen LogP contribution in [0.4, 0.5) is 17.1 Å². The molecule has 4 heterocycles. The average molecular weight is 1010 g/mol. The summed E-state index contributed by atoms with van der Waals surface area (Å²) in [6.07, 6.45) is 13.7. The lowest BCUT2D eigenvalue weighted by molar-refractivity contribution is -0.384. The average Bonchev–Trinajstić information content (AvgIpc) is 3.64. The first-order valence-electron chi connectivity index (χ1n) is 22.7. The molecule has 1 atom stereocenters. The summed E-state index contributed by atoms with van der Waals surface area (Å²) >= 11 is 2.14. The number of benzene rings is 2. The van der Waals surface area contributed by atoms with Crippen LogP contribution in [0.1, 0.15) is 88.9 Å². The number of fused-ring (bicyclic) bond motifs is 1. The number of halogens is 1. The molecule has 2 aromatic heterocycles. The molecule has 0 radical (unpaired) electrons. The second-order valence-corrected chi connectivity index (χ2v) is 21.4. The van der Waals surface area contributed by atoms with Gasteiger partial charge in [-0.15, -0.1) is 0 Å². The molecular formula is C48H60IN7O7S. The third-order valence-corrected chi connectivity index (χ3v) is 16.3. The van der Waals surface area contributed by atoms with E-state index in [9.17, 15) is 23.3 Å². The number of nitro groups is 1. The molecule has 0 bridgehead atoms. The SMILES string of the molecule is C=C(CC(C)C(C)C)C1=C(CN2CCN(c3ccc(C(=O)NS(=O)(=O)c4ccc(NCC5CCOCC5)c([N+](=O)[O-])c4)c(Oc4cnc5c(ccn5I)c4)c3)CC2)CCC2(CCC2)C1. The molecule has 64 heavy (non-hydrogen) atoms. The van der Waals surface area contributed by atoms with E-state index in [-0.39, 0.29) is 22.9 Å². The number of rotatable bonds is 16. The number of aromatic nitrogens is 2. The number of allylic oxidation sites excluding steroid dienone is 2. The standard InChI is InChI=1S/C48H60IN7O7S/c1-32(2)33(3)24-34(4)42-28-48(14-5-15-48)16-10-37(42)31-53-18-20-54(21-19-53)38-6-8-41(45(26-38)63-39-25-36-11-17-55(49)46(36)51-30-39)47(57)52-64(60,61)40-7-9-43(44(27-40)56(58)59)50-29-35-12-22-62-23-13-35/h6-9,11,17,25-27,30,32-33,35,50H,4-5,10,12-16,18-24,28-29,31H2,1-3H3,(H,52,57). The highest BCUT2D eigenvalue weighted by atomic mass is 127. The smallest absolute Gasteiger partial charge is 0.293 e. The van der Waals surface area contributed by atoms with Gasteiger partial charge in [0, 0.05) is 81.9 Å². The number of nitrogens with one attached hydrogen (secondary N) is 2. The van der Waals surface area contributed by atoms with Gasteiger partial charge in [-0.3, -0.25) is 22.6 Å². The zero-order valence-corrected chi connectivity index (χ0v) is 40.1. The Morgan fingerprint density at radius 3 is 2.53 bits per heavy atom. The fraction of sp³-hybridized carbons (Fsp3) is 0.500. The van der Waals surface area contributed by atoms with Crippen molar-refractivity contribution in [3.8, 4) is 11.5 Å². The fourth-order valence-electron chi connectivity index (χ4n) is 9.54. The lowest BCUT2D eigenvalue weighted by atomic mass is 9.58. The van der Waals surface area contributed by atoms with Crippen LogP contribution >= 0.6 is 22.9 Å². The summed E-state index contributed by atoms with van der Waals surface area (Å²) in [5.41, 5.74) is 6.27. The Kier molecular flexibility index (Phi) is 14.0. The van der Waals surface area contributed by atoms with Crippen LogP contribution in [0.25, 0.3) is 11.0 Å². The number of carbonyl (C=O) groups excluding carboxylic acids is 1. The predicted molar refractivity (Wildman–Crippen MR) is 259 cm³/mol. The van der Waals surface area contributed by atoms with Crippen molar-refractivity contribution in [2.45, 2.75) is 83.5 Å². The molecule has 4 aromatic rings. The van der Waals surface area contributed by atoms with Crippen molar-refractivity contribution in [1.29, 1.82) is 0 Å². The highest BCUT2D eigenvalue weighted by molar-refractivity contribution is 14.1. The van der Waals surface area contributed by atoms with E-state index in [1.807, 2.05) is 27.2 Å². The third-order valence-electron chi connectivity index (χ3n) is 14.2. The third kappa shape index (κ3) is 10.4. The Morgan fingerprint density at radius 2 is 1.83 bits per heavy atom. The number of carbonyl (C=O) groups is 1. The van der Waals surface area contributed by atoms with E-state index in [0.717, 1.165) is 81.2 Å². The maximum atomic E-state index is 14.0. The van der Waals surface area contributed by atoms with Crippen LogP contribution < -0.4 is 19.7 Å². The van der Waals surface area contributed by atoms with Crippen LogP contribution in [0, 0.1) is 33.3 Å². The van der Waals surface area contributed by atoms with Gasteiger partial charge < -0.3 is 19.7 Å². The second-order valence-electron chi connectivity index (χ2n) is 18.7. The molecule has 1 spiro atoms. The van der Waals surface area contributed by atoms with Gasteiger partial charge in [0.05, 0.1) is 44.4 Å². The number of piperazine rings is 1. The van der Waals surface area contributed by atoms with Gasteiger partial charge in [0.15, 0.2) is 0 Å². The number of hydrogen-bond acceptors (Lipinski definition) is 11. The molecule has 16 heteroatoms. The number of ether oxygens (including phenoxy) is 2. The lowest BCUT2D eigenvalue weighted by Crippen LogP contribution is -2.47. The first-order chi connectivity index (χ1) is 30.7. The summed E-state index contributed by atoms with van der Waals surface area (Å²) in [6.45, 7) is 17.5. The van der Waals surface area contributed by atoms with E-state index >= 15 is 0 Å². The molecule has 3 fully saturated rings. The Hall–Kier alpha value is -4.52. The number of pyridine rings is 1. The Labute approximate surface area is 390 Å². The summed E-state index contributed by atoms with van der Waals surface area (Å²) in [6, 6.07) is 12.5. The molecule has 4 aliphatic rings. The minimum absolute atomic E-state index is 0.0187. The van der Waals surface area contributed by atoms with Crippen LogP contribution in [-0.4, -0.2) is 84.4 Å². The number of amides is 1.